The highest BCUT2D eigenvalue weighted by Gasteiger charge is 2.44. The third-order valence-electron chi connectivity index (χ3n) is 12.0. The van der Waals surface area contributed by atoms with E-state index in [0.29, 0.717) is 12.8 Å². The second kappa shape index (κ2) is 38.8. The second-order valence-electron chi connectivity index (χ2n) is 17.4. The summed E-state index contributed by atoms with van der Waals surface area (Å²) in [4.78, 5) is 13.1. The zero-order valence-electron chi connectivity index (χ0n) is 37.4. The lowest BCUT2D eigenvalue weighted by Gasteiger charge is -2.40. The first-order chi connectivity index (χ1) is 28.3. The average molecular weight is 828 g/mol. The Hall–Kier alpha value is -1.11. The maximum atomic E-state index is 13.1. The molecule has 10 nitrogen and oxygen atoms in total. The number of allylic oxidation sites excluding steroid dienone is 2. The minimum absolute atomic E-state index is 0.255. The number of aliphatic hydroxyl groups excluding tert-OH is 6. The van der Waals surface area contributed by atoms with Gasteiger partial charge in [-0.25, -0.2) is 0 Å². The van der Waals surface area contributed by atoms with Crippen molar-refractivity contribution in [1.82, 2.24) is 5.32 Å². The Bertz CT molecular complexity index is 937. The smallest absolute Gasteiger partial charge is 0.249 e. The summed E-state index contributed by atoms with van der Waals surface area (Å²) in [5.74, 6) is -0.587. The number of nitrogens with one attached hydrogen (secondary N) is 1. The lowest BCUT2D eigenvalue weighted by atomic mass is 9.99. The number of amides is 1. The summed E-state index contributed by atoms with van der Waals surface area (Å²) in [6.45, 7) is 3.67. The molecule has 0 aliphatic carbocycles. The minimum Gasteiger partial charge on any atom is -0.394 e. The molecule has 1 heterocycles. The lowest BCUT2D eigenvalue weighted by molar-refractivity contribution is -0.302. The van der Waals surface area contributed by atoms with Gasteiger partial charge in [0.15, 0.2) is 6.29 Å². The van der Waals surface area contributed by atoms with Gasteiger partial charge in [0.05, 0.1) is 25.4 Å². The number of unbranched alkanes of at least 4 members (excludes halogenated alkanes) is 28. The van der Waals surface area contributed by atoms with Crippen molar-refractivity contribution >= 4 is 5.91 Å². The molecule has 1 aliphatic rings. The van der Waals surface area contributed by atoms with Crippen molar-refractivity contribution in [3.63, 3.8) is 0 Å². The fraction of sp³-hybridized carbons (Fsp3) is 0.938. The van der Waals surface area contributed by atoms with E-state index in [9.17, 15) is 35.4 Å². The molecule has 0 spiro atoms. The van der Waals surface area contributed by atoms with Crippen LogP contribution in [0.4, 0.5) is 0 Å². The normalized spacial score (nSPS) is 21.4. The number of carbonyl (C=O) groups is 1. The fourth-order valence-corrected chi connectivity index (χ4v) is 7.93. The standard InChI is InChI=1S/C48H93NO9/c1-3-5-7-9-11-13-15-17-18-19-20-21-22-23-25-27-29-31-33-35-37-42(52)47(56)49-40(39-57-48-46(55)45(54)44(53)43(38-50)58-48)41(51)36-34-32-30-28-26-24-16-14-12-10-8-6-4-2/h21-22,40-46,48,50-55H,3-20,23-39H2,1-2H3,(H,49,56)/b22-21-. The molecule has 0 aromatic rings. The van der Waals surface area contributed by atoms with Gasteiger partial charge >= 0.3 is 0 Å². The summed E-state index contributed by atoms with van der Waals surface area (Å²) >= 11 is 0. The van der Waals surface area contributed by atoms with E-state index in [0.717, 1.165) is 57.8 Å². The summed E-state index contributed by atoms with van der Waals surface area (Å²) < 4.78 is 11.2. The number of carbonyl (C=O) groups excluding carboxylic acids is 1. The van der Waals surface area contributed by atoms with Gasteiger partial charge in [-0.05, 0) is 38.5 Å². The van der Waals surface area contributed by atoms with E-state index in [2.05, 4.69) is 31.3 Å². The zero-order valence-corrected chi connectivity index (χ0v) is 37.4. The number of hydrogen-bond acceptors (Lipinski definition) is 9. The first-order valence-electron chi connectivity index (χ1n) is 24.5. The molecule has 1 aliphatic heterocycles. The minimum atomic E-state index is -1.60. The highest BCUT2D eigenvalue weighted by molar-refractivity contribution is 5.80. The topological polar surface area (TPSA) is 169 Å². The van der Waals surface area contributed by atoms with E-state index in [-0.39, 0.29) is 6.61 Å². The van der Waals surface area contributed by atoms with E-state index < -0.39 is 61.5 Å². The van der Waals surface area contributed by atoms with Gasteiger partial charge in [0.25, 0.3) is 0 Å². The predicted octanol–water partition coefficient (Wildman–Crippen LogP) is 9.48. The molecule has 344 valence electrons. The van der Waals surface area contributed by atoms with Crippen LogP contribution < -0.4 is 5.32 Å². The molecular formula is C48H93NO9. The monoisotopic (exact) mass is 828 g/mol. The van der Waals surface area contributed by atoms with Crippen LogP contribution in [0.25, 0.3) is 0 Å². The molecule has 1 amide bonds. The van der Waals surface area contributed by atoms with Crippen molar-refractivity contribution in [2.24, 2.45) is 0 Å². The van der Waals surface area contributed by atoms with Gasteiger partial charge in [-0.2, -0.15) is 0 Å². The Labute approximate surface area is 355 Å². The van der Waals surface area contributed by atoms with Gasteiger partial charge in [-0.15, -0.1) is 0 Å². The van der Waals surface area contributed by atoms with Gasteiger partial charge in [0.1, 0.15) is 30.5 Å². The third kappa shape index (κ3) is 28.4. The molecule has 1 fully saturated rings. The molecule has 1 saturated heterocycles. The molecule has 8 unspecified atom stereocenters. The van der Waals surface area contributed by atoms with E-state index >= 15 is 0 Å². The highest BCUT2D eigenvalue weighted by atomic mass is 16.7. The molecular weight excluding hydrogens is 735 g/mol. The van der Waals surface area contributed by atoms with Crippen molar-refractivity contribution in [2.45, 2.75) is 275 Å². The van der Waals surface area contributed by atoms with Gasteiger partial charge in [-0.1, -0.05) is 199 Å². The van der Waals surface area contributed by atoms with E-state index in [1.165, 1.54) is 141 Å². The molecule has 0 aromatic heterocycles. The molecule has 58 heavy (non-hydrogen) atoms. The number of ether oxygens (including phenoxy) is 2. The highest BCUT2D eigenvalue weighted by Crippen LogP contribution is 2.23. The Morgan fingerprint density at radius 3 is 1.40 bits per heavy atom. The summed E-state index contributed by atoms with van der Waals surface area (Å²) in [7, 11) is 0. The largest absolute Gasteiger partial charge is 0.394 e. The van der Waals surface area contributed by atoms with E-state index in [1.54, 1.807) is 0 Å². The van der Waals surface area contributed by atoms with Crippen LogP contribution in [0.3, 0.4) is 0 Å². The van der Waals surface area contributed by atoms with E-state index in [1.807, 2.05) is 0 Å². The molecule has 0 radical (unpaired) electrons. The Morgan fingerprint density at radius 1 is 0.569 bits per heavy atom. The molecule has 1 rings (SSSR count). The SMILES string of the molecule is CCCCCCCCCCCC/C=C\CCCCCCCCC(O)C(=O)NC(COC1OC(CO)C(O)C(O)C1O)C(O)CCCCCCCCCCCCCCC. The maximum Gasteiger partial charge on any atom is 0.249 e. The molecule has 10 heteroatoms. The van der Waals surface area contributed by atoms with Crippen LogP contribution in [0.1, 0.15) is 226 Å². The van der Waals surface area contributed by atoms with Crippen LogP contribution in [0.2, 0.25) is 0 Å². The lowest BCUT2D eigenvalue weighted by Crippen LogP contribution is -2.60. The third-order valence-corrected chi connectivity index (χ3v) is 12.0. The molecule has 0 saturated carbocycles. The molecule has 0 aromatic carbocycles. The first kappa shape index (κ1) is 54.9. The van der Waals surface area contributed by atoms with Gasteiger partial charge in [0, 0.05) is 0 Å². The first-order valence-corrected chi connectivity index (χ1v) is 24.5. The Balaban J connectivity index is 2.33. The number of hydrogen-bond donors (Lipinski definition) is 7. The quantitative estimate of drug-likeness (QED) is 0.0235. The van der Waals surface area contributed by atoms with Gasteiger partial charge in [-0.3, -0.25) is 4.79 Å². The summed E-state index contributed by atoms with van der Waals surface area (Å²) in [6, 6.07) is -0.893. The Kier molecular flexibility index (Phi) is 36.7. The van der Waals surface area contributed by atoms with Crippen LogP contribution in [0.5, 0.6) is 0 Å². The fourth-order valence-electron chi connectivity index (χ4n) is 7.93. The van der Waals surface area contributed by atoms with Gasteiger partial charge in [0.2, 0.25) is 5.91 Å². The van der Waals surface area contributed by atoms with Crippen LogP contribution in [-0.2, 0) is 14.3 Å². The van der Waals surface area contributed by atoms with Crippen LogP contribution in [0, 0.1) is 0 Å². The number of aliphatic hydroxyl groups is 6. The van der Waals surface area contributed by atoms with Crippen LogP contribution in [-0.4, -0.2) is 98.7 Å². The molecule has 0 bridgehead atoms. The molecule has 7 N–H and O–H groups in total. The zero-order chi connectivity index (χ0) is 42.5. The molecule has 8 atom stereocenters. The summed E-state index contributed by atoms with van der Waals surface area (Å²) in [5, 5.41) is 64.9. The summed E-state index contributed by atoms with van der Waals surface area (Å²) in [5.41, 5.74) is 0. The van der Waals surface area contributed by atoms with Crippen molar-refractivity contribution in [1.29, 1.82) is 0 Å². The van der Waals surface area contributed by atoms with Crippen LogP contribution in [0.15, 0.2) is 12.2 Å². The van der Waals surface area contributed by atoms with E-state index in [4.69, 9.17) is 9.47 Å². The number of rotatable bonds is 41. The maximum absolute atomic E-state index is 13.1. The van der Waals surface area contributed by atoms with Gasteiger partial charge < -0.3 is 45.4 Å². The predicted molar refractivity (Wildman–Crippen MR) is 237 cm³/mol. The second-order valence-corrected chi connectivity index (χ2v) is 17.4. The van der Waals surface area contributed by atoms with Crippen molar-refractivity contribution in [3.8, 4) is 0 Å². The van der Waals surface area contributed by atoms with Crippen LogP contribution >= 0.6 is 0 Å². The van der Waals surface area contributed by atoms with Crippen molar-refractivity contribution < 1.29 is 44.9 Å². The summed E-state index contributed by atoms with van der Waals surface area (Å²) in [6.07, 6.45) is 34.0. The van der Waals surface area contributed by atoms with Crippen molar-refractivity contribution in [2.75, 3.05) is 13.2 Å². The Morgan fingerprint density at radius 2 is 0.966 bits per heavy atom. The average Bonchev–Trinajstić information content (AvgIpc) is 3.22. The van der Waals surface area contributed by atoms with Crippen molar-refractivity contribution in [3.05, 3.63) is 12.2 Å².